The Morgan fingerprint density at radius 1 is 1.28 bits per heavy atom. The summed E-state index contributed by atoms with van der Waals surface area (Å²) in [6.45, 7) is 0.621. The van der Waals surface area contributed by atoms with Gasteiger partial charge in [-0.1, -0.05) is 30.3 Å². The standard InChI is InChI=1S/C13H17ClN2O2/c1-16(13(18)10-15-12(17)9-14)8-7-11-5-3-2-4-6-11/h2-6H,7-10H2,1H3,(H,15,17). The zero-order chi connectivity index (χ0) is 13.4. The molecule has 0 unspecified atom stereocenters. The van der Waals surface area contributed by atoms with Crippen molar-refractivity contribution in [2.24, 2.45) is 0 Å². The van der Waals surface area contributed by atoms with Crippen molar-refractivity contribution in [2.45, 2.75) is 6.42 Å². The molecule has 0 aliphatic carbocycles. The van der Waals surface area contributed by atoms with Crippen LogP contribution in [-0.4, -0.2) is 42.7 Å². The number of halogens is 1. The Labute approximate surface area is 112 Å². The van der Waals surface area contributed by atoms with E-state index in [1.54, 1.807) is 11.9 Å². The van der Waals surface area contributed by atoms with Gasteiger partial charge in [0.2, 0.25) is 11.8 Å². The topological polar surface area (TPSA) is 49.4 Å². The van der Waals surface area contributed by atoms with Crippen LogP contribution in [0.5, 0.6) is 0 Å². The van der Waals surface area contributed by atoms with E-state index in [-0.39, 0.29) is 24.2 Å². The van der Waals surface area contributed by atoms with Gasteiger partial charge in [0, 0.05) is 13.6 Å². The molecule has 0 spiro atoms. The predicted octanol–water partition coefficient (Wildman–Crippen LogP) is 1.04. The minimum Gasteiger partial charge on any atom is -0.346 e. The largest absolute Gasteiger partial charge is 0.346 e. The summed E-state index contributed by atoms with van der Waals surface area (Å²) in [4.78, 5) is 24.2. The first-order chi connectivity index (χ1) is 8.63. The molecule has 0 saturated carbocycles. The Kier molecular flexibility index (Phi) is 6.22. The molecule has 1 rings (SSSR count). The van der Waals surface area contributed by atoms with E-state index < -0.39 is 0 Å². The van der Waals surface area contributed by atoms with E-state index in [9.17, 15) is 9.59 Å². The molecule has 5 heteroatoms. The number of alkyl halides is 1. The zero-order valence-electron chi connectivity index (χ0n) is 10.4. The Hall–Kier alpha value is -1.55. The average molecular weight is 269 g/mol. The minimum atomic E-state index is -0.332. The van der Waals surface area contributed by atoms with E-state index in [1.165, 1.54) is 5.56 Å². The van der Waals surface area contributed by atoms with Gasteiger partial charge in [0.05, 0.1) is 6.54 Å². The second-order valence-electron chi connectivity index (χ2n) is 3.96. The van der Waals surface area contributed by atoms with Crippen molar-refractivity contribution in [1.82, 2.24) is 10.2 Å². The molecule has 1 aromatic rings. The molecular formula is C13H17ClN2O2. The lowest BCUT2D eigenvalue weighted by Crippen LogP contribution is -2.39. The molecule has 0 aromatic heterocycles. The third kappa shape index (κ3) is 5.19. The Bertz CT molecular complexity index is 395. The number of nitrogens with one attached hydrogen (secondary N) is 1. The molecule has 0 aliphatic heterocycles. The van der Waals surface area contributed by atoms with Crippen molar-refractivity contribution in [3.05, 3.63) is 35.9 Å². The summed E-state index contributed by atoms with van der Waals surface area (Å²) in [5.41, 5.74) is 1.18. The zero-order valence-corrected chi connectivity index (χ0v) is 11.1. The predicted molar refractivity (Wildman–Crippen MR) is 71.5 cm³/mol. The molecular weight excluding hydrogens is 252 g/mol. The molecule has 0 atom stereocenters. The summed E-state index contributed by atoms with van der Waals surface area (Å²) in [6, 6.07) is 9.94. The number of likely N-dealkylation sites (N-methyl/N-ethyl adjacent to an activating group) is 1. The van der Waals surface area contributed by atoms with Crippen LogP contribution in [0.25, 0.3) is 0 Å². The maximum atomic E-state index is 11.7. The molecule has 0 radical (unpaired) electrons. The number of rotatable bonds is 6. The number of nitrogens with zero attached hydrogens (tertiary/aromatic N) is 1. The van der Waals surface area contributed by atoms with E-state index in [2.05, 4.69) is 5.32 Å². The summed E-state index contributed by atoms with van der Waals surface area (Å²) in [5.74, 6) is -0.577. The normalized spacial score (nSPS) is 9.89. The van der Waals surface area contributed by atoms with E-state index in [0.717, 1.165) is 6.42 Å². The summed E-state index contributed by atoms with van der Waals surface area (Å²) >= 11 is 5.32. The average Bonchev–Trinajstić information content (AvgIpc) is 2.42. The Morgan fingerprint density at radius 2 is 1.94 bits per heavy atom. The lowest BCUT2D eigenvalue weighted by Gasteiger charge is -2.17. The van der Waals surface area contributed by atoms with Crippen LogP contribution in [0, 0.1) is 0 Å². The van der Waals surface area contributed by atoms with Crippen LogP contribution in [0.3, 0.4) is 0 Å². The van der Waals surface area contributed by atoms with Crippen LogP contribution in [0.4, 0.5) is 0 Å². The second-order valence-corrected chi connectivity index (χ2v) is 4.23. The van der Waals surface area contributed by atoms with Gasteiger partial charge in [-0.3, -0.25) is 9.59 Å². The SMILES string of the molecule is CN(CCc1ccccc1)C(=O)CNC(=O)CCl. The fourth-order valence-electron chi connectivity index (χ4n) is 1.42. The highest BCUT2D eigenvalue weighted by atomic mass is 35.5. The molecule has 2 amide bonds. The second kappa shape index (κ2) is 7.71. The van der Waals surface area contributed by atoms with Crippen LogP contribution in [-0.2, 0) is 16.0 Å². The molecule has 4 nitrogen and oxygen atoms in total. The van der Waals surface area contributed by atoms with Crippen molar-refractivity contribution in [1.29, 1.82) is 0 Å². The van der Waals surface area contributed by atoms with Gasteiger partial charge < -0.3 is 10.2 Å². The highest BCUT2D eigenvalue weighted by Crippen LogP contribution is 2.00. The van der Waals surface area contributed by atoms with E-state index >= 15 is 0 Å². The Balaban J connectivity index is 2.30. The van der Waals surface area contributed by atoms with Crippen LogP contribution in [0.2, 0.25) is 0 Å². The number of carbonyl (C=O) groups is 2. The summed E-state index contributed by atoms with van der Waals surface area (Å²) < 4.78 is 0. The number of benzene rings is 1. The van der Waals surface area contributed by atoms with Gasteiger partial charge in [-0.2, -0.15) is 0 Å². The smallest absolute Gasteiger partial charge is 0.241 e. The maximum absolute atomic E-state index is 11.7. The van der Waals surface area contributed by atoms with Gasteiger partial charge in [-0.15, -0.1) is 11.6 Å². The molecule has 0 saturated heterocycles. The van der Waals surface area contributed by atoms with Crippen molar-refractivity contribution in [3.63, 3.8) is 0 Å². The molecule has 1 aromatic carbocycles. The van der Waals surface area contributed by atoms with Gasteiger partial charge in [0.1, 0.15) is 5.88 Å². The molecule has 0 fully saturated rings. The molecule has 0 heterocycles. The van der Waals surface area contributed by atoms with Crippen LogP contribution >= 0.6 is 11.6 Å². The van der Waals surface area contributed by atoms with Gasteiger partial charge in [-0.05, 0) is 12.0 Å². The maximum Gasteiger partial charge on any atom is 0.241 e. The van der Waals surface area contributed by atoms with Gasteiger partial charge in [0.15, 0.2) is 0 Å². The third-order valence-electron chi connectivity index (χ3n) is 2.56. The fraction of sp³-hybridized carbons (Fsp3) is 0.385. The summed E-state index contributed by atoms with van der Waals surface area (Å²) in [5, 5.41) is 2.45. The lowest BCUT2D eigenvalue weighted by molar-refractivity contribution is -0.131. The summed E-state index contributed by atoms with van der Waals surface area (Å²) in [6.07, 6.45) is 0.798. The van der Waals surface area contributed by atoms with Crippen LogP contribution in [0.1, 0.15) is 5.56 Å². The Morgan fingerprint density at radius 3 is 2.56 bits per heavy atom. The molecule has 98 valence electrons. The highest BCUT2D eigenvalue weighted by molar-refractivity contribution is 6.27. The van der Waals surface area contributed by atoms with Gasteiger partial charge in [-0.25, -0.2) is 0 Å². The quantitative estimate of drug-likeness (QED) is 0.784. The van der Waals surface area contributed by atoms with E-state index in [4.69, 9.17) is 11.6 Å². The molecule has 1 N–H and O–H groups in total. The van der Waals surface area contributed by atoms with Gasteiger partial charge in [0.25, 0.3) is 0 Å². The fourth-order valence-corrected chi connectivity index (χ4v) is 1.52. The molecule has 18 heavy (non-hydrogen) atoms. The first-order valence-corrected chi connectivity index (χ1v) is 6.27. The van der Waals surface area contributed by atoms with Crippen LogP contribution < -0.4 is 5.32 Å². The highest BCUT2D eigenvalue weighted by Gasteiger charge is 2.09. The number of amides is 2. The van der Waals surface area contributed by atoms with E-state index in [1.807, 2.05) is 30.3 Å². The first kappa shape index (κ1) is 14.5. The van der Waals surface area contributed by atoms with Gasteiger partial charge >= 0.3 is 0 Å². The van der Waals surface area contributed by atoms with Crippen molar-refractivity contribution in [2.75, 3.05) is 26.0 Å². The van der Waals surface area contributed by atoms with E-state index in [0.29, 0.717) is 6.54 Å². The lowest BCUT2D eigenvalue weighted by atomic mass is 10.1. The van der Waals surface area contributed by atoms with Crippen molar-refractivity contribution < 1.29 is 9.59 Å². The monoisotopic (exact) mass is 268 g/mol. The third-order valence-corrected chi connectivity index (χ3v) is 2.81. The minimum absolute atomic E-state index is 0.00313. The van der Waals surface area contributed by atoms with Crippen LogP contribution in [0.15, 0.2) is 30.3 Å². The number of hydrogen-bond donors (Lipinski definition) is 1. The first-order valence-electron chi connectivity index (χ1n) is 5.74. The number of hydrogen-bond acceptors (Lipinski definition) is 2. The van der Waals surface area contributed by atoms with Crippen molar-refractivity contribution in [3.8, 4) is 0 Å². The molecule has 0 aliphatic rings. The van der Waals surface area contributed by atoms with Crippen molar-refractivity contribution >= 4 is 23.4 Å². The molecule has 0 bridgehead atoms. The summed E-state index contributed by atoms with van der Waals surface area (Å²) in [7, 11) is 1.72. The number of carbonyl (C=O) groups excluding carboxylic acids is 2.